The van der Waals surface area contributed by atoms with E-state index >= 15 is 0 Å². The Bertz CT molecular complexity index is 814. The first-order valence-corrected chi connectivity index (χ1v) is 9.26. The summed E-state index contributed by atoms with van der Waals surface area (Å²) in [4.78, 5) is 23.1. The van der Waals surface area contributed by atoms with Gasteiger partial charge < -0.3 is 25.2 Å². The summed E-state index contributed by atoms with van der Waals surface area (Å²) in [5, 5.41) is 14.7. The average Bonchev–Trinajstić information content (AvgIpc) is 2.70. The van der Waals surface area contributed by atoms with Crippen molar-refractivity contribution in [1.82, 2.24) is 5.32 Å². The first-order chi connectivity index (χ1) is 13.5. The molecule has 0 aromatic heterocycles. The van der Waals surface area contributed by atoms with Crippen LogP contribution in [0.15, 0.2) is 48.5 Å². The van der Waals surface area contributed by atoms with Crippen molar-refractivity contribution in [3.63, 3.8) is 0 Å². The maximum Gasteiger partial charge on any atom is 0.319 e. The normalized spacial score (nSPS) is 18.8. The van der Waals surface area contributed by atoms with Crippen LogP contribution in [0, 0.1) is 5.92 Å². The zero-order valence-electron chi connectivity index (χ0n) is 15.7. The molecule has 1 saturated carbocycles. The van der Waals surface area contributed by atoms with Crippen LogP contribution in [-0.4, -0.2) is 30.3 Å². The van der Waals surface area contributed by atoms with E-state index in [-0.39, 0.29) is 18.0 Å². The number of carboxylic acid groups (broad SMARTS) is 1. The van der Waals surface area contributed by atoms with E-state index < -0.39 is 5.97 Å². The third kappa shape index (κ3) is 5.39. The molecule has 2 aromatic rings. The molecule has 0 heterocycles. The molecule has 0 aliphatic heterocycles. The molecule has 1 aliphatic carbocycles. The number of rotatable bonds is 6. The molecule has 0 atom stereocenters. The zero-order valence-corrected chi connectivity index (χ0v) is 15.7. The van der Waals surface area contributed by atoms with Gasteiger partial charge in [-0.2, -0.15) is 0 Å². The zero-order chi connectivity index (χ0) is 19.9. The number of benzene rings is 2. The minimum atomic E-state index is -0.751. The molecule has 0 saturated heterocycles. The predicted octanol–water partition coefficient (Wildman–Crippen LogP) is 4.25. The minimum absolute atomic E-state index is 0.00580. The van der Waals surface area contributed by atoms with Crippen LogP contribution in [0.1, 0.15) is 25.7 Å². The van der Waals surface area contributed by atoms with Gasteiger partial charge >= 0.3 is 12.0 Å². The van der Waals surface area contributed by atoms with Gasteiger partial charge in [0.15, 0.2) is 0 Å². The molecule has 2 amide bonds. The molecule has 2 aromatic carbocycles. The highest BCUT2D eigenvalue weighted by Crippen LogP contribution is 2.27. The van der Waals surface area contributed by atoms with Gasteiger partial charge in [0.1, 0.15) is 17.2 Å². The number of ether oxygens (including phenoxy) is 2. The largest absolute Gasteiger partial charge is 0.497 e. The molecular weight excluding hydrogens is 360 g/mol. The number of amides is 2. The quantitative estimate of drug-likeness (QED) is 0.692. The van der Waals surface area contributed by atoms with Gasteiger partial charge in [0.2, 0.25) is 0 Å². The average molecular weight is 384 g/mol. The third-order valence-corrected chi connectivity index (χ3v) is 4.80. The number of urea groups is 1. The van der Waals surface area contributed by atoms with Gasteiger partial charge in [-0.1, -0.05) is 6.07 Å². The molecule has 28 heavy (non-hydrogen) atoms. The van der Waals surface area contributed by atoms with Crippen molar-refractivity contribution in [1.29, 1.82) is 0 Å². The van der Waals surface area contributed by atoms with Gasteiger partial charge in [0.25, 0.3) is 0 Å². The van der Waals surface area contributed by atoms with Gasteiger partial charge in [0.05, 0.1) is 13.0 Å². The summed E-state index contributed by atoms with van der Waals surface area (Å²) in [7, 11) is 1.60. The van der Waals surface area contributed by atoms with Crippen molar-refractivity contribution in [3.05, 3.63) is 48.5 Å². The van der Waals surface area contributed by atoms with Crippen LogP contribution in [0.2, 0.25) is 0 Å². The van der Waals surface area contributed by atoms with Crippen LogP contribution >= 0.6 is 0 Å². The first kappa shape index (κ1) is 19.5. The van der Waals surface area contributed by atoms with Crippen molar-refractivity contribution in [3.8, 4) is 17.2 Å². The Labute approximate surface area is 163 Å². The summed E-state index contributed by atoms with van der Waals surface area (Å²) in [5.74, 6) is 0.975. The minimum Gasteiger partial charge on any atom is -0.497 e. The maximum atomic E-state index is 12.2. The van der Waals surface area contributed by atoms with E-state index in [4.69, 9.17) is 14.6 Å². The van der Waals surface area contributed by atoms with Gasteiger partial charge in [-0.25, -0.2) is 4.79 Å². The van der Waals surface area contributed by atoms with E-state index in [9.17, 15) is 9.59 Å². The number of carbonyl (C=O) groups excluding carboxylic acids is 1. The van der Waals surface area contributed by atoms with Crippen molar-refractivity contribution < 1.29 is 24.2 Å². The van der Waals surface area contributed by atoms with Crippen LogP contribution in [0.4, 0.5) is 10.5 Å². The smallest absolute Gasteiger partial charge is 0.319 e. The number of hydrogen-bond donors (Lipinski definition) is 3. The van der Waals surface area contributed by atoms with E-state index in [1.165, 1.54) is 0 Å². The second kappa shape index (κ2) is 9.12. The predicted molar refractivity (Wildman–Crippen MR) is 105 cm³/mol. The van der Waals surface area contributed by atoms with Crippen LogP contribution in [-0.2, 0) is 4.79 Å². The molecule has 0 spiro atoms. The van der Waals surface area contributed by atoms with Crippen molar-refractivity contribution in [2.45, 2.75) is 31.7 Å². The molecule has 3 N–H and O–H groups in total. The topological polar surface area (TPSA) is 96.9 Å². The summed E-state index contributed by atoms with van der Waals surface area (Å²) in [6.07, 6.45) is 2.54. The second-order valence-corrected chi connectivity index (χ2v) is 6.79. The second-order valence-electron chi connectivity index (χ2n) is 6.79. The van der Waals surface area contributed by atoms with E-state index in [2.05, 4.69) is 10.6 Å². The fourth-order valence-corrected chi connectivity index (χ4v) is 3.24. The van der Waals surface area contributed by atoms with Crippen LogP contribution in [0.25, 0.3) is 0 Å². The Morgan fingerprint density at radius 3 is 2.29 bits per heavy atom. The highest BCUT2D eigenvalue weighted by atomic mass is 16.5. The molecule has 7 heteroatoms. The standard InChI is InChI=1S/C21H24N2O5/c1-27-18-3-2-4-19(13-18)28-17-11-9-16(10-12-17)23-21(26)22-15-7-5-14(6-8-15)20(24)25/h2-4,9-15H,5-8H2,1H3,(H,24,25)(H2,22,23,26). The molecule has 1 aliphatic rings. The summed E-state index contributed by atoms with van der Waals surface area (Å²) in [5.41, 5.74) is 0.648. The van der Waals surface area contributed by atoms with E-state index in [1.807, 2.05) is 18.2 Å². The molecule has 3 rings (SSSR count). The number of carbonyl (C=O) groups is 2. The molecule has 0 unspecified atom stereocenters. The molecule has 7 nitrogen and oxygen atoms in total. The van der Waals surface area contributed by atoms with Crippen LogP contribution in [0.5, 0.6) is 17.2 Å². The SMILES string of the molecule is COc1cccc(Oc2ccc(NC(=O)NC3CCC(C(=O)O)CC3)cc2)c1. The number of methoxy groups -OCH3 is 1. The lowest BCUT2D eigenvalue weighted by atomic mass is 9.86. The van der Waals surface area contributed by atoms with Crippen molar-refractivity contribution in [2.75, 3.05) is 12.4 Å². The van der Waals surface area contributed by atoms with E-state index in [0.29, 0.717) is 48.6 Å². The summed E-state index contributed by atoms with van der Waals surface area (Å²) < 4.78 is 10.9. The Kier molecular flexibility index (Phi) is 6.37. The summed E-state index contributed by atoms with van der Waals surface area (Å²) in [6.45, 7) is 0. The number of nitrogens with one attached hydrogen (secondary N) is 2. The van der Waals surface area contributed by atoms with E-state index in [1.54, 1.807) is 37.4 Å². The molecule has 148 valence electrons. The molecule has 0 bridgehead atoms. The summed E-state index contributed by atoms with van der Waals surface area (Å²) >= 11 is 0. The lowest BCUT2D eigenvalue weighted by molar-refractivity contribution is -0.142. The maximum absolute atomic E-state index is 12.2. The number of hydrogen-bond acceptors (Lipinski definition) is 4. The number of carboxylic acids is 1. The van der Waals surface area contributed by atoms with Gasteiger partial charge in [-0.15, -0.1) is 0 Å². The highest BCUT2D eigenvalue weighted by molar-refractivity contribution is 5.89. The molecular formula is C21H24N2O5. The number of anilines is 1. The lowest BCUT2D eigenvalue weighted by Gasteiger charge is -2.26. The van der Waals surface area contributed by atoms with Crippen LogP contribution < -0.4 is 20.1 Å². The van der Waals surface area contributed by atoms with Crippen LogP contribution in [0.3, 0.4) is 0 Å². The number of aliphatic carboxylic acids is 1. The fourth-order valence-electron chi connectivity index (χ4n) is 3.24. The summed E-state index contributed by atoms with van der Waals surface area (Å²) in [6, 6.07) is 14.1. The van der Waals surface area contributed by atoms with E-state index in [0.717, 1.165) is 0 Å². The fraction of sp³-hybridized carbons (Fsp3) is 0.333. The van der Waals surface area contributed by atoms with Gasteiger partial charge in [0, 0.05) is 17.8 Å². The monoisotopic (exact) mass is 384 g/mol. The third-order valence-electron chi connectivity index (χ3n) is 4.80. The first-order valence-electron chi connectivity index (χ1n) is 9.26. The van der Waals surface area contributed by atoms with Gasteiger partial charge in [-0.3, -0.25) is 4.79 Å². The Morgan fingerprint density at radius 2 is 1.64 bits per heavy atom. The Hall–Kier alpha value is -3.22. The Morgan fingerprint density at radius 1 is 0.964 bits per heavy atom. The lowest BCUT2D eigenvalue weighted by Crippen LogP contribution is -2.40. The molecule has 1 fully saturated rings. The van der Waals surface area contributed by atoms with Crippen molar-refractivity contribution in [2.24, 2.45) is 5.92 Å². The van der Waals surface area contributed by atoms with Crippen molar-refractivity contribution >= 4 is 17.7 Å². The van der Waals surface area contributed by atoms with Gasteiger partial charge in [-0.05, 0) is 62.1 Å². The molecule has 0 radical (unpaired) electrons. The highest BCUT2D eigenvalue weighted by Gasteiger charge is 2.26. The Balaban J connectivity index is 1.48.